The average Bonchev–Trinajstić information content (AvgIpc) is 3.13. The molecule has 3 aromatic rings. The van der Waals surface area contributed by atoms with Crippen molar-refractivity contribution in [3.8, 4) is 0 Å². The third-order valence-corrected chi connectivity index (χ3v) is 6.85. The molecular weight excluding hydrogens is 445 g/mol. The van der Waals surface area contributed by atoms with Gasteiger partial charge in [-0.1, -0.05) is 47.2 Å². The lowest BCUT2D eigenvalue weighted by molar-refractivity contribution is -0.116. The summed E-state index contributed by atoms with van der Waals surface area (Å²) in [5.41, 5.74) is 1.95. The van der Waals surface area contributed by atoms with Crippen molar-refractivity contribution in [2.75, 3.05) is 37.8 Å². The number of fused-ring (bicyclic) bond motifs is 1. The lowest BCUT2D eigenvalue weighted by Crippen LogP contribution is -2.34. The van der Waals surface area contributed by atoms with Crippen LogP contribution in [0, 0.1) is 6.92 Å². The van der Waals surface area contributed by atoms with Crippen LogP contribution in [0.15, 0.2) is 47.4 Å². The molecule has 1 amide bonds. The van der Waals surface area contributed by atoms with E-state index in [2.05, 4.69) is 4.90 Å². The normalized spacial score (nSPS) is 10.9. The molecule has 0 radical (unpaired) electrons. The molecule has 1 aromatic heterocycles. The smallest absolute Gasteiger partial charge is 0.239 e. The number of aryl methyl sites for hydroxylation is 1. The van der Waals surface area contributed by atoms with Crippen LogP contribution >= 0.6 is 47.1 Å². The second kappa shape index (κ2) is 11.2. The molecule has 0 aliphatic rings. The number of carbonyl (C=O) groups is 1. The van der Waals surface area contributed by atoms with Crippen molar-refractivity contribution >= 4 is 68.4 Å². The lowest BCUT2D eigenvalue weighted by atomic mass is 10.2. The summed E-state index contributed by atoms with van der Waals surface area (Å²) < 4.78 is 0.942. The Hall–Kier alpha value is -1.31. The second-order valence-electron chi connectivity index (χ2n) is 6.84. The van der Waals surface area contributed by atoms with Gasteiger partial charge in [0, 0.05) is 11.4 Å². The standard InChI is InChI=1S/C21H24ClN3OS2.ClH/c1-15-10-11-17(22)20-19(15)23-21(28-20)25(13-7-12-24(2)3)18(26)14-27-16-8-5-4-6-9-16;/h4-6,8-11H,7,12-14H2,1-3H3;1H. The van der Waals surface area contributed by atoms with E-state index in [0.29, 0.717) is 17.3 Å². The summed E-state index contributed by atoms with van der Waals surface area (Å²) in [6.45, 7) is 3.58. The Kier molecular flexibility index (Phi) is 9.24. The van der Waals surface area contributed by atoms with E-state index >= 15 is 0 Å². The Morgan fingerprint density at radius 1 is 1.14 bits per heavy atom. The van der Waals surface area contributed by atoms with E-state index in [4.69, 9.17) is 16.6 Å². The van der Waals surface area contributed by atoms with E-state index in [-0.39, 0.29) is 18.3 Å². The van der Waals surface area contributed by atoms with Crippen molar-refractivity contribution in [1.82, 2.24) is 9.88 Å². The summed E-state index contributed by atoms with van der Waals surface area (Å²) in [5, 5.41) is 1.41. The molecule has 0 aliphatic carbocycles. The Balaban J connectivity index is 0.00000300. The minimum absolute atomic E-state index is 0. The first kappa shape index (κ1) is 24.0. The van der Waals surface area contributed by atoms with Gasteiger partial charge in [0.15, 0.2) is 5.13 Å². The molecular formula is C21H25Cl2N3OS2. The Morgan fingerprint density at radius 3 is 2.52 bits per heavy atom. The monoisotopic (exact) mass is 469 g/mol. The molecule has 0 saturated carbocycles. The van der Waals surface area contributed by atoms with Gasteiger partial charge in [0.25, 0.3) is 0 Å². The van der Waals surface area contributed by atoms with Crippen LogP contribution in [-0.2, 0) is 4.79 Å². The number of benzene rings is 2. The van der Waals surface area contributed by atoms with Gasteiger partial charge in [0.2, 0.25) is 5.91 Å². The van der Waals surface area contributed by atoms with Gasteiger partial charge in [-0.3, -0.25) is 9.69 Å². The van der Waals surface area contributed by atoms with Crippen LogP contribution in [0.5, 0.6) is 0 Å². The van der Waals surface area contributed by atoms with Gasteiger partial charge in [0.05, 0.1) is 21.0 Å². The highest BCUT2D eigenvalue weighted by molar-refractivity contribution is 8.00. The molecule has 4 nitrogen and oxygen atoms in total. The molecule has 0 aliphatic heterocycles. The Labute approximate surface area is 191 Å². The van der Waals surface area contributed by atoms with E-state index in [1.165, 1.54) is 11.3 Å². The molecule has 3 rings (SSSR count). The van der Waals surface area contributed by atoms with Gasteiger partial charge in [-0.25, -0.2) is 4.98 Å². The number of rotatable bonds is 8. The van der Waals surface area contributed by atoms with Gasteiger partial charge >= 0.3 is 0 Å². The molecule has 0 atom stereocenters. The molecule has 0 spiro atoms. The maximum Gasteiger partial charge on any atom is 0.239 e. The van der Waals surface area contributed by atoms with Crippen LogP contribution in [0.4, 0.5) is 5.13 Å². The zero-order chi connectivity index (χ0) is 20.1. The van der Waals surface area contributed by atoms with E-state index < -0.39 is 0 Å². The number of hydrogen-bond donors (Lipinski definition) is 0. The first-order valence-electron chi connectivity index (χ1n) is 9.14. The molecule has 8 heteroatoms. The van der Waals surface area contributed by atoms with E-state index in [1.807, 2.05) is 68.4 Å². The number of nitrogens with zero attached hydrogens (tertiary/aromatic N) is 3. The molecule has 2 aromatic carbocycles. The summed E-state index contributed by atoms with van der Waals surface area (Å²) in [7, 11) is 4.08. The molecule has 0 bridgehead atoms. The topological polar surface area (TPSA) is 36.4 Å². The SMILES string of the molecule is Cc1ccc(Cl)c2sc(N(CCCN(C)C)C(=O)CSc3ccccc3)nc12.Cl. The summed E-state index contributed by atoms with van der Waals surface area (Å²) in [6, 6.07) is 13.9. The van der Waals surface area contributed by atoms with Crippen molar-refractivity contribution < 1.29 is 4.79 Å². The van der Waals surface area contributed by atoms with Crippen LogP contribution in [-0.4, -0.2) is 48.7 Å². The number of aromatic nitrogens is 1. The first-order valence-corrected chi connectivity index (χ1v) is 11.3. The minimum atomic E-state index is 0. The van der Waals surface area contributed by atoms with Gasteiger partial charge < -0.3 is 4.90 Å². The van der Waals surface area contributed by atoms with Crippen molar-refractivity contribution in [3.05, 3.63) is 53.1 Å². The van der Waals surface area contributed by atoms with E-state index in [9.17, 15) is 4.79 Å². The van der Waals surface area contributed by atoms with E-state index in [1.54, 1.807) is 11.8 Å². The van der Waals surface area contributed by atoms with Crippen LogP contribution in [0.3, 0.4) is 0 Å². The maximum atomic E-state index is 13.1. The summed E-state index contributed by atoms with van der Waals surface area (Å²) in [4.78, 5) is 22.9. The first-order chi connectivity index (χ1) is 13.5. The quantitative estimate of drug-likeness (QED) is 0.393. The van der Waals surface area contributed by atoms with Gasteiger partial charge in [-0.2, -0.15) is 0 Å². The number of carbonyl (C=O) groups excluding carboxylic acids is 1. The van der Waals surface area contributed by atoms with Crippen molar-refractivity contribution in [2.45, 2.75) is 18.2 Å². The highest BCUT2D eigenvalue weighted by atomic mass is 35.5. The predicted octanol–water partition coefficient (Wildman–Crippen LogP) is 5.76. The third-order valence-electron chi connectivity index (χ3n) is 4.31. The molecule has 29 heavy (non-hydrogen) atoms. The maximum absolute atomic E-state index is 13.1. The summed E-state index contributed by atoms with van der Waals surface area (Å²) in [5.74, 6) is 0.453. The highest BCUT2D eigenvalue weighted by Gasteiger charge is 2.21. The van der Waals surface area contributed by atoms with Crippen molar-refractivity contribution in [1.29, 1.82) is 0 Å². The minimum Gasteiger partial charge on any atom is -0.309 e. The average molecular weight is 470 g/mol. The molecule has 1 heterocycles. The largest absolute Gasteiger partial charge is 0.309 e. The second-order valence-corrected chi connectivity index (χ2v) is 9.28. The van der Waals surface area contributed by atoms with Crippen LogP contribution < -0.4 is 4.90 Å². The van der Waals surface area contributed by atoms with Gasteiger partial charge in [0.1, 0.15) is 0 Å². The number of hydrogen-bond acceptors (Lipinski definition) is 5. The highest BCUT2D eigenvalue weighted by Crippen LogP contribution is 2.36. The third kappa shape index (κ3) is 6.33. The molecule has 0 unspecified atom stereocenters. The van der Waals surface area contributed by atoms with Gasteiger partial charge in [-0.15, -0.1) is 24.2 Å². The molecule has 0 saturated heterocycles. The Morgan fingerprint density at radius 2 is 1.86 bits per heavy atom. The summed E-state index contributed by atoms with van der Waals surface area (Å²) >= 11 is 9.42. The van der Waals surface area contributed by atoms with Crippen molar-refractivity contribution in [2.24, 2.45) is 0 Å². The zero-order valence-electron chi connectivity index (χ0n) is 16.7. The molecule has 0 fully saturated rings. The number of thioether (sulfide) groups is 1. The number of amides is 1. The molecule has 156 valence electrons. The van der Waals surface area contributed by atoms with Crippen LogP contribution in [0.1, 0.15) is 12.0 Å². The van der Waals surface area contributed by atoms with Gasteiger partial charge in [-0.05, 0) is 57.7 Å². The fraction of sp³-hybridized carbons (Fsp3) is 0.333. The van der Waals surface area contributed by atoms with Crippen LogP contribution in [0.2, 0.25) is 5.02 Å². The number of thiazole rings is 1. The van der Waals surface area contributed by atoms with Crippen molar-refractivity contribution in [3.63, 3.8) is 0 Å². The van der Waals surface area contributed by atoms with Crippen LogP contribution in [0.25, 0.3) is 10.2 Å². The predicted molar refractivity (Wildman–Crippen MR) is 129 cm³/mol. The fourth-order valence-electron chi connectivity index (χ4n) is 2.82. The lowest BCUT2D eigenvalue weighted by Gasteiger charge is -2.21. The molecule has 0 N–H and O–H groups in total. The Bertz CT molecular complexity index is 909. The number of halogens is 2. The fourth-order valence-corrected chi connectivity index (χ4v) is 4.97. The van der Waals surface area contributed by atoms with E-state index in [0.717, 1.165) is 38.8 Å². The number of anilines is 1. The zero-order valence-corrected chi connectivity index (χ0v) is 19.9. The summed E-state index contributed by atoms with van der Waals surface area (Å²) in [6.07, 6.45) is 0.886.